The molecule has 0 amide bonds. The fourth-order valence-electron chi connectivity index (χ4n) is 2.10. The monoisotopic (exact) mass is 284 g/mol. The van der Waals surface area contributed by atoms with Crippen molar-refractivity contribution in [3.63, 3.8) is 0 Å². The molecule has 0 radical (unpaired) electrons. The highest BCUT2D eigenvalue weighted by atomic mass is 32.2. The highest BCUT2D eigenvalue weighted by Crippen LogP contribution is 2.23. The van der Waals surface area contributed by atoms with Gasteiger partial charge < -0.3 is 5.73 Å². The van der Waals surface area contributed by atoms with Crippen LogP contribution in [-0.4, -0.2) is 25.8 Å². The molecule has 0 aromatic heterocycles. The summed E-state index contributed by atoms with van der Waals surface area (Å²) < 4.78 is 26.9. The normalized spacial score (nSPS) is 12.4. The van der Waals surface area contributed by atoms with E-state index in [9.17, 15) is 8.42 Å². The Hall–Kier alpha value is -0.910. The third-order valence-corrected chi connectivity index (χ3v) is 5.24. The fourth-order valence-corrected chi connectivity index (χ4v) is 3.99. The quantitative estimate of drug-likeness (QED) is 0.870. The Morgan fingerprint density at radius 2 is 1.95 bits per heavy atom. The van der Waals surface area contributed by atoms with Crippen molar-refractivity contribution in [2.75, 3.05) is 13.1 Å². The van der Waals surface area contributed by atoms with Crippen LogP contribution in [0.15, 0.2) is 23.1 Å². The minimum absolute atomic E-state index is 0.299. The molecular formula is C14H24N2O2S. The summed E-state index contributed by atoms with van der Waals surface area (Å²) >= 11 is 0. The van der Waals surface area contributed by atoms with Crippen molar-refractivity contribution in [2.45, 2.75) is 39.1 Å². The van der Waals surface area contributed by atoms with E-state index in [1.807, 2.05) is 33.8 Å². The summed E-state index contributed by atoms with van der Waals surface area (Å²) in [6.45, 7) is 9.08. The number of benzene rings is 1. The summed E-state index contributed by atoms with van der Waals surface area (Å²) in [5, 5.41) is 0. The Morgan fingerprint density at radius 3 is 2.42 bits per heavy atom. The van der Waals surface area contributed by atoms with Crippen molar-refractivity contribution in [3.8, 4) is 0 Å². The predicted octanol–water partition coefficient (Wildman–Crippen LogP) is 2.12. The van der Waals surface area contributed by atoms with Gasteiger partial charge in [0.15, 0.2) is 0 Å². The van der Waals surface area contributed by atoms with Gasteiger partial charge in [0.2, 0.25) is 10.0 Å². The molecule has 0 atom stereocenters. The van der Waals surface area contributed by atoms with E-state index in [1.165, 1.54) is 4.31 Å². The lowest BCUT2D eigenvalue weighted by Crippen LogP contribution is -2.34. The Balaban J connectivity index is 3.26. The van der Waals surface area contributed by atoms with Gasteiger partial charge in [-0.3, -0.25) is 0 Å². The number of rotatable bonds is 6. The molecule has 0 saturated carbocycles. The van der Waals surface area contributed by atoms with E-state index in [-0.39, 0.29) is 0 Å². The second-order valence-electron chi connectivity index (χ2n) is 5.09. The van der Waals surface area contributed by atoms with Gasteiger partial charge in [0.05, 0.1) is 4.90 Å². The van der Waals surface area contributed by atoms with Crippen molar-refractivity contribution >= 4 is 10.0 Å². The minimum atomic E-state index is -3.43. The van der Waals surface area contributed by atoms with E-state index in [0.717, 1.165) is 11.1 Å². The van der Waals surface area contributed by atoms with Crippen LogP contribution in [-0.2, 0) is 16.6 Å². The van der Waals surface area contributed by atoms with Gasteiger partial charge in [0, 0.05) is 19.6 Å². The average molecular weight is 284 g/mol. The second kappa shape index (κ2) is 6.50. The van der Waals surface area contributed by atoms with Gasteiger partial charge in [-0.25, -0.2) is 8.42 Å². The van der Waals surface area contributed by atoms with Crippen LogP contribution in [0.2, 0.25) is 0 Å². The van der Waals surface area contributed by atoms with Crippen molar-refractivity contribution < 1.29 is 8.42 Å². The maximum absolute atomic E-state index is 12.7. The first-order chi connectivity index (χ1) is 8.84. The van der Waals surface area contributed by atoms with Crippen LogP contribution in [0.5, 0.6) is 0 Å². The zero-order valence-electron chi connectivity index (χ0n) is 12.2. The standard InChI is InChI=1S/C14H24N2O2S/c1-5-16(10-11(2)3)19(17,18)14-8-6-7-13(9-15)12(14)4/h6-8,11H,5,9-10,15H2,1-4H3. The molecule has 0 spiro atoms. The molecule has 0 aliphatic rings. The van der Waals surface area contributed by atoms with Crippen LogP contribution >= 0.6 is 0 Å². The Bertz CT molecular complexity index is 524. The maximum Gasteiger partial charge on any atom is 0.243 e. The summed E-state index contributed by atoms with van der Waals surface area (Å²) in [4.78, 5) is 0.373. The Morgan fingerprint density at radius 1 is 1.32 bits per heavy atom. The first-order valence-electron chi connectivity index (χ1n) is 6.63. The third-order valence-electron chi connectivity index (χ3n) is 3.16. The average Bonchev–Trinajstić information content (AvgIpc) is 2.35. The van der Waals surface area contributed by atoms with E-state index in [1.54, 1.807) is 12.1 Å². The summed E-state index contributed by atoms with van der Waals surface area (Å²) in [5.41, 5.74) is 7.28. The van der Waals surface area contributed by atoms with Gasteiger partial charge in [-0.05, 0) is 30.0 Å². The fraction of sp³-hybridized carbons (Fsp3) is 0.571. The molecule has 0 saturated heterocycles. The van der Waals surface area contributed by atoms with E-state index >= 15 is 0 Å². The molecule has 19 heavy (non-hydrogen) atoms. The SMILES string of the molecule is CCN(CC(C)C)S(=O)(=O)c1cccc(CN)c1C. The summed E-state index contributed by atoms with van der Waals surface area (Å²) in [7, 11) is -3.43. The van der Waals surface area contributed by atoms with Gasteiger partial charge in [-0.15, -0.1) is 0 Å². The highest BCUT2D eigenvalue weighted by Gasteiger charge is 2.25. The third kappa shape index (κ3) is 3.55. The Labute approximate surface area is 116 Å². The smallest absolute Gasteiger partial charge is 0.243 e. The van der Waals surface area contributed by atoms with Gasteiger partial charge in [0.1, 0.15) is 0 Å². The Kier molecular flexibility index (Phi) is 5.52. The molecule has 5 heteroatoms. The lowest BCUT2D eigenvalue weighted by molar-refractivity contribution is 0.380. The zero-order chi connectivity index (χ0) is 14.6. The maximum atomic E-state index is 12.7. The molecule has 0 bridgehead atoms. The topological polar surface area (TPSA) is 63.4 Å². The molecule has 0 heterocycles. The number of hydrogen-bond donors (Lipinski definition) is 1. The molecule has 2 N–H and O–H groups in total. The summed E-state index contributed by atoms with van der Waals surface area (Å²) in [6, 6.07) is 5.28. The van der Waals surface area contributed by atoms with Crippen molar-refractivity contribution in [2.24, 2.45) is 11.7 Å². The molecule has 4 nitrogen and oxygen atoms in total. The first kappa shape index (κ1) is 16.1. The largest absolute Gasteiger partial charge is 0.326 e. The van der Waals surface area contributed by atoms with Crippen molar-refractivity contribution in [1.82, 2.24) is 4.31 Å². The van der Waals surface area contributed by atoms with Gasteiger partial charge >= 0.3 is 0 Å². The van der Waals surface area contributed by atoms with Crippen molar-refractivity contribution in [3.05, 3.63) is 29.3 Å². The van der Waals surface area contributed by atoms with Crippen LogP contribution in [0.1, 0.15) is 31.9 Å². The van der Waals surface area contributed by atoms with E-state index in [4.69, 9.17) is 5.73 Å². The molecule has 108 valence electrons. The van der Waals surface area contributed by atoms with E-state index in [2.05, 4.69) is 0 Å². The molecule has 1 aromatic rings. The summed E-state index contributed by atoms with van der Waals surface area (Å²) in [5.74, 6) is 0.299. The van der Waals surface area contributed by atoms with Crippen LogP contribution in [0.25, 0.3) is 0 Å². The number of nitrogens with two attached hydrogens (primary N) is 1. The van der Waals surface area contributed by atoms with Crippen LogP contribution in [0.3, 0.4) is 0 Å². The number of hydrogen-bond acceptors (Lipinski definition) is 3. The van der Waals surface area contributed by atoms with Gasteiger partial charge in [-0.2, -0.15) is 4.31 Å². The molecule has 0 unspecified atom stereocenters. The van der Waals surface area contributed by atoms with Gasteiger partial charge in [-0.1, -0.05) is 32.9 Å². The van der Waals surface area contributed by atoms with Crippen LogP contribution < -0.4 is 5.73 Å². The van der Waals surface area contributed by atoms with E-state index < -0.39 is 10.0 Å². The number of sulfonamides is 1. The lowest BCUT2D eigenvalue weighted by atomic mass is 10.1. The number of nitrogens with zero attached hydrogens (tertiary/aromatic N) is 1. The molecular weight excluding hydrogens is 260 g/mol. The molecule has 0 aliphatic carbocycles. The summed E-state index contributed by atoms with van der Waals surface area (Å²) in [6.07, 6.45) is 0. The highest BCUT2D eigenvalue weighted by molar-refractivity contribution is 7.89. The minimum Gasteiger partial charge on any atom is -0.326 e. The van der Waals surface area contributed by atoms with E-state index in [0.29, 0.717) is 30.4 Å². The molecule has 0 fully saturated rings. The van der Waals surface area contributed by atoms with Gasteiger partial charge in [0.25, 0.3) is 0 Å². The molecule has 0 aliphatic heterocycles. The zero-order valence-corrected chi connectivity index (χ0v) is 13.0. The second-order valence-corrected chi connectivity index (χ2v) is 7.00. The molecule has 1 rings (SSSR count). The lowest BCUT2D eigenvalue weighted by Gasteiger charge is -2.23. The molecule has 1 aromatic carbocycles. The predicted molar refractivity (Wildman–Crippen MR) is 78.3 cm³/mol. The van der Waals surface area contributed by atoms with Crippen LogP contribution in [0, 0.1) is 12.8 Å². The van der Waals surface area contributed by atoms with Crippen LogP contribution in [0.4, 0.5) is 0 Å². The van der Waals surface area contributed by atoms with Crippen molar-refractivity contribution in [1.29, 1.82) is 0 Å². The first-order valence-corrected chi connectivity index (χ1v) is 8.07.